The first-order chi connectivity index (χ1) is 7.77. The van der Waals surface area contributed by atoms with Crippen molar-refractivity contribution >= 4 is 15.9 Å². The molecule has 1 aliphatic carbocycles. The van der Waals surface area contributed by atoms with Crippen LogP contribution in [0.5, 0.6) is 0 Å². The molecule has 3 nitrogen and oxygen atoms in total. The minimum Gasteiger partial charge on any atom is -0.313 e. The Bertz CT molecular complexity index is 396. The van der Waals surface area contributed by atoms with E-state index in [-0.39, 0.29) is 5.56 Å². The Balaban J connectivity index is 1.85. The van der Waals surface area contributed by atoms with Gasteiger partial charge in [-0.3, -0.25) is 4.79 Å². The molecule has 1 saturated carbocycles. The molecule has 1 aliphatic rings. The summed E-state index contributed by atoms with van der Waals surface area (Å²) in [6.07, 6.45) is 7.09. The van der Waals surface area contributed by atoms with Crippen molar-refractivity contribution in [1.82, 2.24) is 9.88 Å². The van der Waals surface area contributed by atoms with E-state index < -0.39 is 0 Å². The highest BCUT2D eigenvalue weighted by atomic mass is 79.9. The number of hydrogen-bond acceptors (Lipinski definition) is 2. The molecule has 0 unspecified atom stereocenters. The van der Waals surface area contributed by atoms with Crippen LogP contribution in [-0.2, 0) is 6.54 Å². The average Bonchev–Trinajstić information content (AvgIpc) is 2.77. The molecule has 0 aromatic carbocycles. The molecular formula is C12H17BrN2O. The number of nitrogens with zero attached hydrogens (tertiary/aromatic N) is 1. The van der Waals surface area contributed by atoms with Gasteiger partial charge in [0.1, 0.15) is 0 Å². The predicted octanol–water partition coefficient (Wildman–Crippen LogP) is 2.14. The number of hydrogen-bond donors (Lipinski definition) is 1. The van der Waals surface area contributed by atoms with E-state index in [4.69, 9.17) is 0 Å². The highest BCUT2D eigenvalue weighted by Crippen LogP contribution is 2.17. The second-order valence-corrected chi connectivity index (χ2v) is 5.14. The van der Waals surface area contributed by atoms with Crippen molar-refractivity contribution in [3.8, 4) is 0 Å². The lowest BCUT2D eigenvalue weighted by atomic mass is 10.2. The minimum atomic E-state index is 0.0516. The van der Waals surface area contributed by atoms with Gasteiger partial charge < -0.3 is 9.88 Å². The molecule has 0 amide bonds. The van der Waals surface area contributed by atoms with E-state index in [0.717, 1.165) is 13.1 Å². The summed E-state index contributed by atoms with van der Waals surface area (Å²) < 4.78 is 2.38. The molecule has 2 rings (SSSR count). The monoisotopic (exact) mass is 284 g/mol. The molecule has 4 heteroatoms. The van der Waals surface area contributed by atoms with Gasteiger partial charge in [0.05, 0.1) is 4.47 Å². The van der Waals surface area contributed by atoms with Crippen molar-refractivity contribution in [2.45, 2.75) is 38.3 Å². The summed E-state index contributed by atoms with van der Waals surface area (Å²) in [5.74, 6) is 0. The molecule has 0 radical (unpaired) electrons. The van der Waals surface area contributed by atoms with Crippen LogP contribution < -0.4 is 10.9 Å². The lowest BCUT2D eigenvalue weighted by Crippen LogP contribution is -2.32. The Morgan fingerprint density at radius 2 is 2.19 bits per heavy atom. The van der Waals surface area contributed by atoms with Crippen LogP contribution in [-0.4, -0.2) is 17.2 Å². The second kappa shape index (κ2) is 5.64. The Labute approximate surface area is 104 Å². The lowest BCUT2D eigenvalue weighted by molar-refractivity contribution is 0.492. The molecule has 88 valence electrons. The van der Waals surface area contributed by atoms with Gasteiger partial charge in [-0.25, -0.2) is 0 Å². The van der Waals surface area contributed by atoms with Gasteiger partial charge in [-0.1, -0.05) is 12.8 Å². The van der Waals surface area contributed by atoms with Gasteiger partial charge in [0.2, 0.25) is 0 Å². The average molecular weight is 285 g/mol. The molecule has 1 heterocycles. The summed E-state index contributed by atoms with van der Waals surface area (Å²) in [6.45, 7) is 1.62. The second-order valence-electron chi connectivity index (χ2n) is 4.29. The van der Waals surface area contributed by atoms with Crippen molar-refractivity contribution in [1.29, 1.82) is 0 Å². The minimum absolute atomic E-state index is 0.0516. The quantitative estimate of drug-likeness (QED) is 0.919. The maximum atomic E-state index is 11.7. The van der Waals surface area contributed by atoms with Crippen LogP contribution in [0.2, 0.25) is 0 Å². The van der Waals surface area contributed by atoms with Crippen LogP contribution >= 0.6 is 15.9 Å². The van der Waals surface area contributed by atoms with E-state index in [1.165, 1.54) is 25.7 Å². The number of nitrogens with one attached hydrogen (secondary N) is 1. The van der Waals surface area contributed by atoms with Gasteiger partial charge in [0.25, 0.3) is 5.56 Å². The maximum absolute atomic E-state index is 11.7. The normalized spacial score (nSPS) is 16.8. The smallest absolute Gasteiger partial charge is 0.264 e. The fourth-order valence-electron chi connectivity index (χ4n) is 2.20. The summed E-state index contributed by atoms with van der Waals surface area (Å²) in [6, 6.07) is 4.34. The fraction of sp³-hybridized carbons (Fsp3) is 0.583. The van der Waals surface area contributed by atoms with Crippen LogP contribution in [0.1, 0.15) is 25.7 Å². The van der Waals surface area contributed by atoms with E-state index in [2.05, 4.69) is 21.2 Å². The molecule has 1 aromatic rings. The van der Waals surface area contributed by atoms with E-state index in [1.54, 1.807) is 10.6 Å². The standard InChI is InChI=1S/C12H17BrN2O/c13-11-6-3-8-15(12(11)16)9-7-14-10-4-1-2-5-10/h3,6,8,10,14H,1-2,4-5,7,9H2. The third-order valence-corrected chi connectivity index (χ3v) is 3.72. The van der Waals surface area contributed by atoms with Crippen molar-refractivity contribution in [2.24, 2.45) is 0 Å². The van der Waals surface area contributed by atoms with E-state index in [0.29, 0.717) is 10.5 Å². The molecule has 0 bridgehead atoms. The first-order valence-electron chi connectivity index (χ1n) is 5.86. The van der Waals surface area contributed by atoms with Gasteiger partial charge >= 0.3 is 0 Å². The summed E-state index contributed by atoms with van der Waals surface area (Å²) in [4.78, 5) is 11.7. The van der Waals surface area contributed by atoms with Crippen LogP contribution in [0.25, 0.3) is 0 Å². The van der Waals surface area contributed by atoms with Crippen molar-refractivity contribution < 1.29 is 0 Å². The summed E-state index contributed by atoms with van der Waals surface area (Å²) >= 11 is 3.25. The zero-order chi connectivity index (χ0) is 11.4. The van der Waals surface area contributed by atoms with E-state index in [9.17, 15) is 4.79 Å². The van der Waals surface area contributed by atoms with E-state index >= 15 is 0 Å². The largest absolute Gasteiger partial charge is 0.313 e. The third kappa shape index (κ3) is 2.95. The number of halogens is 1. The molecular weight excluding hydrogens is 268 g/mol. The van der Waals surface area contributed by atoms with E-state index in [1.807, 2.05) is 12.3 Å². The van der Waals surface area contributed by atoms with Crippen molar-refractivity contribution in [2.75, 3.05) is 6.54 Å². The Morgan fingerprint density at radius 1 is 1.44 bits per heavy atom. The van der Waals surface area contributed by atoms with Crippen LogP contribution in [0.4, 0.5) is 0 Å². The zero-order valence-electron chi connectivity index (χ0n) is 9.29. The van der Waals surface area contributed by atoms with Gasteiger partial charge in [-0.2, -0.15) is 0 Å². The van der Waals surface area contributed by atoms with Gasteiger partial charge in [-0.15, -0.1) is 0 Å². The van der Waals surface area contributed by atoms with Crippen LogP contribution in [0, 0.1) is 0 Å². The molecule has 0 aliphatic heterocycles. The van der Waals surface area contributed by atoms with Crippen LogP contribution in [0.3, 0.4) is 0 Å². The van der Waals surface area contributed by atoms with Crippen molar-refractivity contribution in [3.05, 3.63) is 33.2 Å². The SMILES string of the molecule is O=c1c(Br)cccn1CCNC1CCCC1. The first-order valence-corrected chi connectivity index (χ1v) is 6.65. The Morgan fingerprint density at radius 3 is 2.94 bits per heavy atom. The summed E-state index contributed by atoms with van der Waals surface area (Å²) in [5, 5.41) is 3.50. The highest BCUT2D eigenvalue weighted by Gasteiger charge is 2.13. The summed E-state index contributed by atoms with van der Waals surface area (Å²) in [7, 11) is 0. The van der Waals surface area contributed by atoms with Gasteiger partial charge in [-0.05, 0) is 40.9 Å². The third-order valence-electron chi connectivity index (χ3n) is 3.11. The Kier molecular flexibility index (Phi) is 4.18. The molecule has 1 aromatic heterocycles. The molecule has 1 N–H and O–H groups in total. The fourth-order valence-corrected chi connectivity index (χ4v) is 2.58. The molecule has 0 saturated heterocycles. The lowest BCUT2D eigenvalue weighted by Gasteiger charge is -2.12. The first kappa shape index (κ1) is 11.9. The molecule has 16 heavy (non-hydrogen) atoms. The topological polar surface area (TPSA) is 34.0 Å². The van der Waals surface area contributed by atoms with Crippen LogP contribution in [0.15, 0.2) is 27.6 Å². The number of pyridine rings is 1. The number of aromatic nitrogens is 1. The van der Waals surface area contributed by atoms with Gasteiger partial charge in [0, 0.05) is 25.3 Å². The summed E-state index contributed by atoms with van der Waals surface area (Å²) in [5.41, 5.74) is 0.0516. The number of rotatable bonds is 4. The molecule has 0 atom stereocenters. The molecule has 0 spiro atoms. The maximum Gasteiger partial charge on any atom is 0.264 e. The Hall–Kier alpha value is -0.610. The highest BCUT2D eigenvalue weighted by molar-refractivity contribution is 9.10. The zero-order valence-corrected chi connectivity index (χ0v) is 10.9. The molecule has 1 fully saturated rings. The predicted molar refractivity (Wildman–Crippen MR) is 68.7 cm³/mol. The van der Waals surface area contributed by atoms with Crippen molar-refractivity contribution in [3.63, 3.8) is 0 Å². The van der Waals surface area contributed by atoms with Gasteiger partial charge in [0.15, 0.2) is 0 Å².